The molecule has 1 amide bonds. The summed E-state index contributed by atoms with van der Waals surface area (Å²) in [4.78, 5) is 15.1. The summed E-state index contributed by atoms with van der Waals surface area (Å²) >= 11 is 1.16. The standard InChI is InChI=1S/C14H16N2O2S.C3H6.2C2H6/c1-3-11(2)9-10-19-13(15)16-14(17)18-12-7-5-4-6-8-12;1-3-2;2*1-2/h3-10H,1-2H3,(H2,15,16,17);3H,1H2,2H3;2*1-2H3/b10-9+,11-3+;;;. The number of ether oxygens (including phenoxy) is 1. The van der Waals surface area contributed by atoms with E-state index in [1.165, 1.54) is 0 Å². The number of aliphatic imine (C=N–C) groups is 1. The second-order valence-corrected chi connectivity index (χ2v) is 4.92. The smallest absolute Gasteiger partial charge is 0.409 e. The van der Waals surface area contributed by atoms with Gasteiger partial charge in [0, 0.05) is 0 Å². The van der Waals surface area contributed by atoms with E-state index < -0.39 is 6.09 Å². The maximum atomic E-state index is 11.4. The van der Waals surface area contributed by atoms with Gasteiger partial charge in [0.2, 0.25) is 0 Å². The van der Waals surface area contributed by atoms with E-state index in [-0.39, 0.29) is 5.17 Å². The maximum absolute atomic E-state index is 11.4. The van der Waals surface area contributed by atoms with Gasteiger partial charge in [-0.05, 0) is 38.3 Å². The Morgan fingerprint density at radius 1 is 1.15 bits per heavy atom. The molecule has 4 nitrogen and oxygen atoms in total. The van der Waals surface area contributed by atoms with Crippen molar-refractivity contribution >= 4 is 23.0 Å². The number of amides is 1. The van der Waals surface area contributed by atoms with Gasteiger partial charge in [0.25, 0.3) is 0 Å². The molecule has 5 heteroatoms. The van der Waals surface area contributed by atoms with Crippen LogP contribution in [0.1, 0.15) is 48.5 Å². The summed E-state index contributed by atoms with van der Waals surface area (Å²) in [5.74, 6) is 0.439. The van der Waals surface area contributed by atoms with E-state index in [2.05, 4.69) is 11.6 Å². The van der Waals surface area contributed by atoms with Crippen LogP contribution in [-0.2, 0) is 0 Å². The summed E-state index contributed by atoms with van der Waals surface area (Å²) < 4.78 is 4.98. The quantitative estimate of drug-likeness (QED) is 0.267. The minimum Gasteiger partial charge on any atom is -0.409 e. The molecule has 0 aliphatic carbocycles. The van der Waals surface area contributed by atoms with Crippen LogP contribution in [0.25, 0.3) is 0 Å². The Bertz CT molecular complexity index is 550. The number of amidine groups is 1. The molecule has 0 unspecified atom stereocenters. The zero-order valence-corrected chi connectivity index (χ0v) is 18.0. The van der Waals surface area contributed by atoms with Crippen LogP contribution in [-0.4, -0.2) is 11.3 Å². The number of rotatable bonds is 3. The normalized spacial score (nSPS) is 10.3. The number of carbonyl (C=O) groups is 1. The predicted octanol–water partition coefficient (Wildman–Crippen LogP) is 6.96. The van der Waals surface area contributed by atoms with Gasteiger partial charge in [-0.3, -0.25) is 0 Å². The van der Waals surface area contributed by atoms with Crippen LogP contribution in [0.3, 0.4) is 0 Å². The first-order chi connectivity index (χ1) is 12.5. The summed E-state index contributed by atoms with van der Waals surface area (Å²) in [5, 5.41) is 1.91. The highest BCUT2D eigenvalue weighted by molar-refractivity contribution is 8.16. The Hall–Kier alpha value is -2.27. The van der Waals surface area contributed by atoms with E-state index >= 15 is 0 Å². The fourth-order valence-electron chi connectivity index (χ4n) is 1.04. The molecular weight excluding hydrogens is 344 g/mol. The summed E-state index contributed by atoms with van der Waals surface area (Å²) in [6.07, 6.45) is 4.87. The Kier molecular flexibility index (Phi) is 24.9. The number of para-hydroxylation sites is 1. The average Bonchev–Trinajstić information content (AvgIpc) is 2.66. The molecule has 26 heavy (non-hydrogen) atoms. The lowest BCUT2D eigenvalue weighted by Crippen LogP contribution is -2.11. The zero-order valence-electron chi connectivity index (χ0n) is 17.2. The molecular formula is C21H34N2O2S. The van der Waals surface area contributed by atoms with Gasteiger partial charge >= 0.3 is 6.09 Å². The van der Waals surface area contributed by atoms with E-state index in [1.807, 2.05) is 66.7 Å². The lowest BCUT2D eigenvalue weighted by Gasteiger charge is -2.00. The van der Waals surface area contributed by atoms with Crippen molar-refractivity contribution in [2.24, 2.45) is 10.7 Å². The molecule has 2 N–H and O–H groups in total. The number of benzene rings is 1. The summed E-state index contributed by atoms with van der Waals surface area (Å²) in [7, 11) is 0. The van der Waals surface area contributed by atoms with Crippen molar-refractivity contribution in [2.45, 2.75) is 48.5 Å². The summed E-state index contributed by atoms with van der Waals surface area (Å²) in [6, 6.07) is 8.72. The van der Waals surface area contributed by atoms with Crippen LogP contribution in [0, 0.1) is 0 Å². The Morgan fingerprint density at radius 3 is 2.12 bits per heavy atom. The van der Waals surface area contributed by atoms with Crippen LogP contribution in [0.15, 0.2) is 71.1 Å². The van der Waals surface area contributed by atoms with Crippen LogP contribution in [0.5, 0.6) is 5.75 Å². The molecule has 0 bridgehead atoms. The first-order valence-corrected chi connectivity index (χ1v) is 9.55. The minimum absolute atomic E-state index is 0.140. The number of allylic oxidation sites excluding steroid dienone is 4. The molecule has 0 radical (unpaired) electrons. The van der Waals surface area contributed by atoms with Crippen LogP contribution < -0.4 is 10.5 Å². The third-order valence-corrected chi connectivity index (χ3v) is 2.73. The topological polar surface area (TPSA) is 64.7 Å². The fourth-order valence-corrected chi connectivity index (χ4v) is 1.59. The van der Waals surface area contributed by atoms with E-state index in [4.69, 9.17) is 10.5 Å². The van der Waals surface area contributed by atoms with Crippen molar-refractivity contribution in [3.63, 3.8) is 0 Å². The molecule has 0 spiro atoms. The van der Waals surface area contributed by atoms with Gasteiger partial charge in [-0.1, -0.05) is 81.5 Å². The molecule has 146 valence electrons. The monoisotopic (exact) mass is 378 g/mol. The van der Waals surface area contributed by atoms with Gasteiger partial charge in [-0.2, -0.15) is 4.99 Å². The van der Waals surface area contributed by atoms with Gasteiger partial charge < -0.3 is 10.5 Å². The molecule has 0 atom stereocenters. The van der Waals surface area contributed by atoms with E-state index in [0.29, 0.717) is 5.75 Å². The van der Waals surface area contributed by atoms with Gasteiger partial charge in [-0.25, -0.2) is 4.79 Å². The molecule has 0 heterocycles. The third-order valence-electron chi connectivity index (χ3n) is 2.12. The Morgan fingerprint density at radius 2 is 1.65 bits per heavy atom. The lowest BCUT2D eigenvalue weighted by molar-refractivity contribution is 0.211. The van der Waals surface area contributed by atoms with Gasteiger partial charge in [-0.15, -0.1) is 6.58 Å². The first-order valence-electron chi connectivity index (χ1n) is 8.67. The number of hydrogen-bond acceptors (Lipinski definition) is 3. The number of nitrogens with zero attached hydrogens (tertiary/aromatic N) is 1. The number of thioether (sulfide) groups is 1. The molecule has 0 saturated carbocycles. The second-order valence-electron chi connectivity index (χ2n) is 3.99. The highest BCUT2D eigenvalue weighted by Gasteiger charge is 2.03. The highest BCUT2D eigenvalue weighted by atomic mass is 32.2. The van der Waals surface area contributed by atoms with Crippen molar-refractivity contribution in [2.75, 3.05) is 0 Å². The van der Waals surface area contributed by atoms with Crippen LogP contribution in [0.2, 0.25) is 0 Å². The maximum Gasteiger partial charge on any atom is 0.441 e. The number of hydrogen-bond donors (Lipinski definition) is 1. The summed E-state index contributed by atoms with van der Waals surface area (Å²) in [6.45, 7) is 17.2. The Labute approximate surface area is 163 Å². The average molecular weight is 379 g/mol. The minimum atomic E-state index is -0.729. The summed E-state index contributed by atoms with van der Waals surface area (Å²) in [5.41, 5.74) is 6.70. The van der Waals surface area contributed by atoms with Crippen LogP contribution >= 0.6 is 11.8 Å². The first kappa shape index (κ1) is 28.5. The van der Waals surface area contributed by atoms with E-state index in [9.17, 15) is 4.79 Å². The molecule has 1 rings (SSSR count). The van der Waals surface area contributed by atoms with Crippen LogP contribution in [0.4, 0.5) is 4.79 Å². The Balaban J connectivity index is -0.000000663. The van der Waals surface area contributed by atoms with Crippen molar-refractivity contribution in [3.05, 3.63) is 66.1 Å². The van der Waals surface area contributed by atoms with Gasteiger partial charge in [0.15, 0.2) is 5.17 Å². The van der Waals surface area contributed by atoms with Crippen molar-refractivity contribution in [1.82, 2.24) is 0 Å². The lowest BCUT2D eigenvalue weighted by atomic mass is 10.3. The molecule has 0 aromatic heterocycles. The highest BCUT2D eigenvalue weighted by Crippen LogP contribution is 2.10. The van der Waals surface area contributed by atoms with E-state index in [0.717, 1.165) is 17.3 Å². The SMILES string of the molecule is C/C=C(C)/C=C/S/C(N)=N\C(=O)Oc1ccccc1.C=CC.CC.CC. The molecule has 1 aromatic carbocycles. The van der Waals surface area contributed by atoms with Gasteiger partial charge in [0.1, 0.15) is 5.75 Å². The molecule has 0 aliphatic rings. The second kappa shape index (κ2) is 22.7. The third kappa shape index (κ3) is 19.8. The fraction of sp³-hybridized carbons (Fsp3) is 0.333. The molecule has 0 aliphatic heterocycles. The number of nitrogens with two attached hydrogens (primary N) is 1. The largest absolute Gasteiger partial charge is 0.441 e. The van der Waals surface area contributed by atoms with Crippen molar-refractivity contribution < 1.29 is 9.53 Å². The van der Waals surface area contributed by atoms with E-state index in [1.54, 1.807) is 35.7 Å². The predicted molar refractivity (Wildman–Crippen MR) is 119 cm³/mol. The van der Waals surface area contributed by atoms with Gasteiger partial charge in [0.05, 0.1) is 0 Å². The number of carbonyl (C=O) groups excluding carboxylic acids is 1. The van der Waals surface area contributed by atoms with Crippen molar-refractivity contribution in [1.29, 1.82) is 0 Å². The molecule has 0 saturated heterocycles. The molecule has 1 aromatic rings. The molecule has 0 fully saturated rings. The zero-order chi connectivity index (χ0) is 20.8. The van der Waals surface area contributed by atoms with Crippen molar-refractivity contribution in [3.8, 4) is 5.75 Å².